The van der Waals surface area contributed by atoms with Gasteiger partial charge < -0.3 is 5.73 Å². The van der Waals surface area contributed by atoms with Gasteiger partial charge in [0.1, 0.15) is 5.82 Å². The van der Waals surface area contributed by atoms with Crippen LogP contribution in [0.5, 0.6) is 0 Å². The molecule has 1 aromatic carbocycles. The topological polar surface area (TPSA) is 54.7 Å². The monoisotopic (exact) mass is 415 g/mol. The number of nitrogens with zero attached hydrogens (tertiary/aromatic N) is 1. The molecule has 0 radical (unpaired) electrons. The van der Waals surface area contributed by atoms with Crippen LogP contribution in [0.4, 0.5) is 10.2 Å². The summed E-state index contributed by atoms with van der Waals surface area (Å²) in [6, 6.07) is 8.45. The molecule has 3 nitrogen and oxygen atoms in total. The number of thiophene rings is 1. The van der Waals surface area contributed by atoms with Crippen LogP contribution in [0.1, 0.15) is 0 Å². The minimum Gasteiger partial charge on any atom is -0.382 e. The second kappa shape index (κ2) is 5.31. The molecule has 0 fully saturated rings. The van der Waals surface area contributed by atoms with Crippen molar-refractivity contribution in [2.45, 2.75) is 0 Å². The quantitative estimate of drug-likeness (QED) is 0.613. The number of anilines is 1. The Labute approximate surface area is 135 Å². The molecule has 2 aromatic heterocycles. The molecule has 20 heavy (non-hydrogen) atoms. The highest BCUT2D eigenvalue weighted by Gasteiger charge is 2.20. The fraction of sp³-hybridized carbons (Fsp3) is 0. The molecule has 0 aliphatic heterocycles. The summed E-state index contributed by atoms with van der Waals surface area (Å²) < 4.78 is 15.9. The summed E-state index contributed by atoms with van der Waals surface area (Å²) in [7, 11) is 0. The van der Waals surface area contributed by atoms with Crippen molar-refractivity contribution < 1.29 is 4.39 Å². The predicted octanol–water partition coefficient (Wildman–Crippen LogP) is 5.05. The first kappa shape index (κ1) is 13.8. The van der Waals surface area contributed by atoms with E-state index in [0.717, 1.165) is 13.1 Å². The average molecular weight is 417 g/mol. The van der Waals surface area contributed by atoms with Crippen LogP contribution in [0.15, 0.2) is 37.9 Å². The molecule has 0 spiro atoms. The normalized spacial score (nSPS) is 10.9. The van der Waals surface area contributed by atoms with Gasteiger partial charge in [-0.25, -0.2) is 4.39 Å². The van der Waals surface area contributed by atoms with Crippen LogP contribution in [0.3, 0.4) is 0 Å². The van der Waals surface area contributed by atoms with Crippen molar-refractivity contribution in [2.75, 3.05) is 5.73 Å². The maximum absolute atomic E-state index is 14.0. The van der Waals surface area contributed by atoms with Gasteiger partial charge >= 0.3 is 0 Å². The molecule has 3 rings (SSSR count). The zero-order valence-electron chi connectivity index (χ0n) is 9.95. The van der Waals surface area contributed by atoms with Crippen LogP contribution in [-0.4, -0.2) is 10.2 Å². The molecule has 2 heterocycles. The number of benzene rings is 1. The van der Waals surface area contributed by atoms with Crippen molar-refractivity contribution in [1.29, 1.82) is 0 Å². The van der Waals surface area contributed by atoms with Crippen LogP contribution in [0.2, 0.25) is 0 Å². The number of halogens is 3. The molecule has 102 valence electrons. The fourth-order valence-corrected chi connectivity index (χ4v) is 4.82. The highest BCUT2D eigenvalue weighted by Crippen LogP contribution is 2.43. The van der Waals surface area contributed by atoms with Gasteiger partial charge in [0.05, 0.1) is 18.8 Å². The van der Waals surface area contributed by atoms with Gasteiger partial charge in [0, 0.05) is 11.1 Å². The SMILES string of the molecule is Nc1n[nH]c(-c2cc(Br)sc2Br)c1-c1ccccc1F. The Morgan fingerprint density at radius 1 is 1.20 bits per heavy atom. The first-order chi connectivity index (χ1) is 9.58. The largest absolute Gasteiger partial charge is 0.382 e. The molecule has 0 bridgehead atoms. The Kier molecular flexibility index (Phi) is 3.66. The number of aromatic nitrogens is 2. The summed E-state index contributed by atoms with van der Waals surface area (Å²) in [5.41, 5.74) is 8.50. The third-order valence-electron chi connectivity index (χ3n) is 2.86. The minimum absolute atomic E-state index is 0.277. The van der Waals surface area contributed by atoms with Crippen molar-refractivity contribution in [3.63, 3.8) is 0 Å². The molecular formula is C13H8Br2FN3S. The Morgan fingerprint density at radius 2 is 1.95 bits per heavy atom. The lowest BCUT2D eigenvalue weighted by Gasteiger charge is -2.05. The highest BCUT2D eigenvalue weighted by molar-refractivity contribution is 9.12. The van der Waals surface area contributed by atoms with Crippen LogP contribution < -0.4 is 5.73 Å². The molecule has 0 aliphatic carbocycles. The lowest BCUT2D eigenvalue weighted by atomic mass is 10.0. The average Bonchev–Trinajstić information content (AvgIpc) is 2.93. The number of aromatic amines is 1. The second-order valence-corrected chi connectivity index (χ2v) is 7.83. The molecule has 0 saturated carbocycles. The van der Waals surface area contributed by atoms with E-state index in [1.165, 1.54) is 17.4 Å². The number of nitrogen functional groups attached to an aromatic ring is 1. The lowest BCUT2D eigenvalue weighted by Crippen LogP contribution is -1.91. The molecule has 0 amide bonds. The summed E-state index contributed by atoms with van der Waals surface area (Å²) in [5.74, 6) is -0.0495. The van der Waals surface area contributed by atoms with Gasteiger partial charge in [0.15, 0.2) is 5.82 Å². The number of hydrogen-bond acceptors (Lipinski definition) is 3. The van der Waals surface area contributed by atoms with E-state index < -0.39 is 0 Å². The van der Waals surface area contributed by atoms with Crippen LogP contribution in [0.25, 0.3) is 22.4 Å². The van der Waals surface area contributed by atoms with E-state index in [9.17, 15) is 4.39 Å². The smallest absolute Gasteiger partial charge is 0.153 e. The standard InChI is InChI=1S/C13H8Br2FN3S/c14-9-5-7(12(15)20-9)11-10(13(17)19-18-11)6-3-1-2-4-8(6)16/h1-5H,(H3,17,18,19). The Balaban J connectivity index is 2.26. The van der Waals surface area contributed by atoms with Crippen LogP contribution in [0, 0.1) is 5.82 Å². The van der Waals surface area contributed by atoms with Crippen molar-refractivity contribution in [3.05, 3.63) is 43.7 Å². The molecule has 0 aliphatic rings. The molecule has 3 N–H and O–H groups in total. The zero-order valence-corrected chi connectivity index (χ0v) is 13.9. The van der Waals surface area contributed by atoms with Gasteiger partial charge in [0.25, 0.3) is 0 Å². The van der Waals surface area contributed by atoms with E-state index >= 15 is 0 Å². The van der Waals surface area contributed by atoms with Crippen LogP contribution >= 0.6 is 43.2 Å². The Hall–Kier alpha value is -1.18. The van der Waals surface area contributed by atoms with E-state index in [-0.39, 0.29) is 11.6 Å². The maximum Gasteiger partial charge on any atom is 0.153 e. The number of H-pyrrole nitrogens is 1. The molecule has 0 atom stereocenters. The first-order valence-corrected chi connectivity index (χ1v) is 8.02. The summed E-state index contributed by atoms with van der Waals surface area (Å²) in [5, 5.41) is 6.90. The van der Waals surface area contributed by atoms with Crippen LogP contribution in [-0.2, 0) is 0 Å². The molecule has 3 aromatic rings. The Bertz CT molecular complexity index is 782. The van der Waals surface area contributed by atoms with E-state index in [0.29, 0.717) is 16.8 Å². The number of hydrogen-bond donors (Lipinski definition) is 2. The third kappa shape index (κ3) is 2.30. The summed E-state index contributed by atoms with van der Waals surface area (Å²) >= 11 is 8.46. The number of rotatable bonds is 2. The lowest BCUT2D eigenvalue weighted by molar-refractivity contribution is 0.631. The zero-order chi connectivity index (χ0) is 14.3. The van der Waals surface area contributed by atoms with E-state index in [1.54, 1.807) is 18.2 Å². The van der Waals surface area contributed by atoms with Gasteiger partial charge in [-0.2, -0.15) is 5.10 Å². The van der Waals surface area contributed by atoms with Gasteiger partial charge in [0.2, 0.25) is 0 Å². The van der Waals surface area contributed by atoms with E-state index in [1.807, 2.05) is 6.07 Å². The van der Waals surface area contributed by atoms with Crippen molar-refractivity contribution in [1.82, 2.24) is 10.2 Å². The fourth-order valence-electron chi connectivity index (χ4n) is 2.00. The summed E-state index contributed by atoms with van der Waals surface area (Å²) in [6.07, 6.45) is 0. The number of nitrogens with one attached hydrogen (secondary N) is 1. The summed E-state index contributed by atoms with van der Waals surface area (Å²) in [4.78, 5) is 0. The predicted molar refractivity (Wildman–Crippen MR) is 87.1 cm³/mol. The van der Waals surface area contributed by atoms with E-state index in [2.05, 4.69) is 42.1 Å². The van der Waals surface area contributed by atoms with Gasteiger partial charge in [-0.1, -0.05) is 18.2 Å². The minimum atomic E-state index is -0.327. The van der Waals surface area contributed by atoms with Gasteiger partial charge in [-0.15, -0.1) is 11.3 Å². The number of nitrogens with two attached hydrogens (primary N) is 1. The highest BCUT2D eigenvalue weighted by atomic mass is 79.9. The van der Waals surface area contributed by atoms with E-state index in [4.69, 9.17) is 5.73 Å². The van der Waals surface area contributed by atoms with Crippen molar-refractivity contribution in [3.8, 4) is 22.4 Å². The van der Waals surface area contributed by atoms with Gasteiger partial charge in [-0.05, 0) is 44.0 Å². The summed E-state index contributed by atoms with van der Waals surface area (Å²) in [6.45, 7) is 0. The van der Waals surface area contributed by atoms with Crippen molar-refractivity contribution >= 4 is 49.0 Å². The molecule has 0 saturated heterocycles. The third-order valence-corrected chi connectivity index (χ3v) is 5.20. The Morgan fingerprint density at radius 3 is 2.60 bits per heavy atom. The van der Waals surface area contributed by atoms with Gasteiger partial charge in [-0.3, -0.25) is 5.10 Å². The second-order valence-electron chi connectivity index (χ2n) is 4.08. The maximum atomic E-state index is 14.0. The molecular weight excluding hydrogens is 409 g/mol. The molecule has 0 unspecified atom stereocenters. The first-order valence-electron chi connectivity index (χ1n) is 5.62. The van der Waals surface area contributed by atoms with Crippen molar-refractivity contribution in [2.24, 2.45) is 0 Å². The molecule has 7 heteroatoms.